The van der Waals surface area contributed by atoms with E-state index in [2.05, 4.69) is 12.6 Å². The molecule has 76 valence electrons. The van der Waals surface area contributed by atoms with Gasteiger partial charge in [0.1, 0.15) is 6.29 Å². The highest BCUT2D eigenvalue weighted by Crippen LogP contribution is 2.26. The molecule has 0 aromatic heterocycles. The Labute approximate surface area is 86.5 Å². The predicted molar refractivity (Wildman–Crippen MR) is 53.0 cm³/mol. The Morgan fingerprint density at radius 3 is 2.64 bits per heavy atom. The van der Waals surface area contributed by atoms with Crippen molar-refractivity contribution in [2.45, 2.75) is 24.2 Å². The summed E-state index contributed by atoms with van der Waals surface area (Å²) in [6, 6.07) is 4.53. The van der Waals surface area contributed by atoms with Crippen LogP contribution in [0.4, 0.5) is 8.78 Å². The van der Waals surface area contributed by atoms with Crippen molar-refractivity contribution in [2.75, 3.05) is 0 Å². The second kappa shape index (κ2) is 5.10. The van der Waals surface area contributed by atoms with Crippen LogP contribution in [0.5, 0.6) is 0 Å². The average Bonchev–Trinajstić information content (AvgIpc) is 2.14. The van der Waals surface area contributed by atoms with Crippen LogP contribution in [-0.2, 0) is 11.2 Å². The second-order valence-corrected chi connectivity index (χ2v) is 3.38. The summed E-state index contributed by atoms with van der Waals surface area (Å²) in [5, 5.41) is 0. The maximum absolute atomic E-state index is 12.3. The van der Waals surface area contributed by atoms with Crippen molar-refractivity contribution in [1.82, 2.24) is 0 Å². The molecule has 0 N–H and O–H groups in total. The van der Waals surface area contributed by atoms with Crippen LogP contribution in [-0.4, -0.2) is 6.29 Å². The van der Waals surface area contributed by atoms with Gasteiger partial charge < -0.3 is 4.79 Å². The van der Waals surface area contributed by atoms with Crippen LogP contribution in [0.3, 0.4) is 0 Å². The minimum absolute atomic E-state index is 0.0665. The van der Waals surface area contributed by atoms with Gasteiger partial charge in [0.25, 0.3) is 6.43 Å². The number of alkyl halides is 2. The van der Waals surface area contributed by atoms with E-state index in [1.165, 1.54) is 6.07 Å². The van der Waals surface area contributed by atoms with E-state index >= 15 is 0 Å². The zero-order valence-corrected chi connectivity index (χ0v) is 8.31. The molecule has 0 bridgehead atoms. The first kappa shape index (κ1) is 11.2. The number of aryl methyl sites for hydroxylation is 1. The molecule has 0 heterocycles. The third kappa shape index (κ3) is 2.80. The Morgan fingerprint density at radius 2 is 2.14 bits per heavy atom. The highest BCUT2D eigenvalue weighted by atomic mass is 32.1. The van der Waals surface area contributed by atoms with E-state index < -0.39 is 6.43 Å². The number of hydrogen-bond donors (Lipinski definition) is 1. The second-order valence-electron chi connectivity index (χ2n) is 2.90. The summed E-state index contributed by atoms with van der Waals surface area (Å²) in [7, 11) is 0. The van der Waals surface area contributed by atoms with Gasteiger partial charge in [0.15, 0.2) is 0 Å². The molecule has 0 spiro atoms. The first-order valence-electron chi connectivity index (χ1n) is 4.18. The largest absolute Gasteiger partial charge is 0.303 e. The average molecular weight is 216 g/mol. The van der Waals surface area contributed by atoms with E-state index in [4.69, 9.17) is 0 Å². The van der Waals surface area contributed by atoms with E-state index in [1.54, 1.807) is 12.1 Å². The van der Waals surface area contributed by atoms with E-state index in [-0.39, 0.29) is 10.5 Å². The van der Waals surface area contributed by atoms with E-state index in [0.29, 0.717) is 12.8 Å². The summed E-state index contributed by atoms with van der Waals surface area (Å²) in [6.07, 6.45) is -0.719. The van der Waals surface area contributed by atoms with Gasteiger partial charge in [-0.2, -0.15) is 0 Å². The normalized spacial score (nSPS) is 10.6. The number of rotatable bonds is 4. The number of aldehydes is 1. The summed E-state index contributed by atoms with van der Waals surface area (Å²) in [6.45, 7) is 0. The lowest BCUT2D eigenvalue weighted by Gasteiger charge is -2.05. The fourth-order valence-corrected chi connectivity index (χ4v) is 1.49. The smallest absolute Gasteiger partial charge is 0.264 e. The molecular weight excluding hydrogens is 206 g/mol. The first-order chi connectivity index (χ1) is 6.65. The Bertz CT molecular complexity index is 326. The monoisotopic (exact) mass is 216 g/mol. The first-order valence-corrected chi connectivity index (χ1v) is 4.63. The Kier molecular flexibility index (Phi) is 4.07. The highest BCUT2D eigenvalue weighted by molar-refractivity contribution is 7.80. The van der Waals surface area contributed by atoms with Crippen LogP contribution in [0.1, 0.15) is 24.0 Å². The SMILES string of the molecule is O=CCCc1ccc(C(F)F)c(S)c1. The van der Waals surface area contributed by atoms with Crippen molar-refractivity contribution in [3.63, 3.8) is 0 Å². The van der Waals surface area contributed by atoms with Crippen molar-refractivity contribution < 1.29 is 13.6 Å². The number of benzene rings is 1. The molecule has 14 heavy (non-hydrogen) atoms. The Balaban J connectivity index is 2.83. The molecule has 1 nitrogen and oxygen atoms in total. The summed E-state index contributed by atoms with van der Waals surface area (Å²) in [4.78, 5) is 10.4. The summed E-state index contributed by atoms with van der Waals surface area (Å²) >= 11 is 3.96. The van der Waals surface area contributed by atoms with Crippen LogP contribution in [0.15, 0.2) is 23.1 Å². The van der Waals surface area contributed by atoms with Crippen molar-refractivity contribution >= 4 is 18.9 Å². The molecule has 1 rings (SSSR count). The maximum Gasteiger partial charge on any atom is 0.264 e. The van der Waals surface area contributed by atoms with E-state index in [0.717, 1.165) is 11.8 Å². The van der Waals surface area contributed by atoms with Gasteiger partial charge in [0.05, 0.1) is 0 Å². The fourth-order valence-electron chi connectivity index (χ4n) is 1.15. The third-order valence-corrected chi connectivity index (χ3v) is 2.27. The van der Waals surface area contributed by atoms with Gasteiger partial charge in [-0.1, -0.05) is 12.1 Å². The predicted octanol–water partition coefficient (Wildman–Crippen LogP) is 3.04. The molecule has 0 aliphatic carbocycles. The van der Waals surface area contributed by atoms with Gasteiger partial charge in [-0.3, -0.25) is 0 Å². The molecule has 0 aliphatic heterocycles. The molecular formula is C10H10F2OS. The number of thiol groups is 1. The molecule has 0 aliphatic rings. The molecule has 0 unspecified atom stereocenters. The number of carbonyl (C=O) groups excluding carboxylic acids is 1. The highest BCUT2D eigenvalue weighted by Gasteiger charge is 2.10. The van der Waals surface area contributed by atoms with E-state index in [9.17, 15) is 13.6 Å². The lowest BCUT2D eigenvalue weighted by molar-refractivity contribution is -0.107. The molecule has 1 aromatic carbocycles. The fraction of sp³-hybridized carbons (Fsp3) is 0.300. The molecule has 4 heteroatoms. The van der Waals surface area contributed by atoms with Crippen LogP contribution >= 0.6 is 12.6 Å². The molecule has 0 amide bonds. The zero-order valence-electron chi connectivity index (χ0n) is 7.41. The van der Waals surface area contributed by atoms with Gasteiger partial charge in [0, 0.05) is 16.9 Å². The van der Waals surface area contributed by atoms with Crippen molar-refractivity contribution in [3.8, 4) is 0 Å². The molecule has 1 aromatic rings. The molecule has 0 saturated heterocycles. The number of carbonyl (C=O) groups is 1. The molecule has 0 atom stereocenters. The molecule has 0 fully saturated rings. The van der Waals surface area contributed by atoms with E-state index in [1.807, 2.05) is 0 Å². The summed E-state index contributed by atoms with van der Waals surface area (Å²) in [5.41, 5.74) is 0.787. The molecule has 0 saturated carbocycles. The summed E-state index contributed by atoms with van der Waals surface area (Å²) in [5.74, 6) is 0. The van der Waals surface area contributed by atoms with Crippen molar-refractivity contribution in [1.29, 1.82) is 0 Å². The van der Waals surface area contributed by atoms with Crippen LogP contribution in [0, 0.1) is 0 Å². The van der Waals surface area contributed by atoms with Crippen molar-refractivity contribution in [3.05, 3.63) is 29.3 Å². The number of halogens is 2. The van der Waals surface area contributed by atoms with Gasteiger partial charge in [0.2, 0.25) is 0 Å². The zero-order chi connectivity index (χ0) is 10.6. The topological polar surface area (TPSA) is 17.1 Å². The summed E-state index contributed by atoms with van der Waals surface area (Å²) < 4.78 is 24.6. The van der Waals surface area contributed by atoms with Crippen molar-refractivity contribution in [2.24, 2.45) is 0 Å². The maximum atomic E-state index is 12.3. The van der Waals surface area contributed by atoms with Crippen LogP contribution < -0.4 is 0 Å². The molecule has 0 radical (unpaired) electrons. The number of hydrogen-bond acceptors (Lipinski definition) is 2. The quantitative estimate of drug-likeness (QED) is 0.604. The Morgan fingerprint density at radius 1 is 1.43 bits per heavy atom. The van der Waals surface area contributed by atoms with Gasteiger partial charge in [-0.25, -0.2) is 8.78 Å². The minimum atomic E-state index is -2.50. The Hall–Kier alpha value is -0.900. The van der Waals surface area contributed by atoms with Gasteiger partial charge >= 0.3 is 0 Å². The minimum Gasteiger partial charge on any atom is -0.303 e. The van der Waals surface area contributed by atoms with Crippen LogP contribution in [0.2, 0.25) is 0 Å². The van der Waals surface area contributed by atoms with Gasteiger partial charge in [-0.15, -0.1) is 12.6 Å². The third-order valence-electron chi connectivity index (χ3n) is 1.88. The van der Waals surface area contributed by atoms with Crippen LogP contribution in [0.25, 0.3) is 0 Å². The lowest BCUT2D eigenvalue weighted by Crippen LogP contribution is -1.91. The van der Waals surface area contributed by atoms with Gasteiger partial charge in [-0.05, 0) is 18.1 Å². The lowest BCUT2D eigenvalue weighted by atomic mass is 10.1. The standard InChI is InChI=1S/C10H10F2OS/c11-10(12)8-4-3-7(2-1-5-13)6-9(8)14/h3-6,10,14H,1-2H2.